The highest BCUT2D eigenvalue weighted by molar-refractivity contribution is 7.89. The number of sulfonamides is 1. The van der Waals surface area contributed by atoms with Gasteiger partial charge in [0.1, 0.15) is 6.54 Å². The summed E-state index contributed by atoms with van der Waals surface area (Å²) in [6.45, 7) is 3.02. The zero-order valence-electron chi connectivity index (χ0n) is 12.4. The molecule has 1 aliphatic heterocycles. The van der Waals surface area contributed by atoms with Gasteiger partial charge in [0, 0.05) is 18.2 Å². The van der Waals surface area contributed by atoms with Gasteiger partial charge in [0.05, 0.1) is 4.90 Å². The first-order chi connectivity index (χ1) is 10.3. The number of hydrogen-bond donors (Lipinski definition) is 2. The molecule has 2 rings (SSSR count). The van der Waals surface area contributed by atoms with Crippen LogP contribution in [0.1, 0.15) is 25.8 Å². The third kappa shape index (κ3) is 3.12. The normalized spacial score (nSPS) is 17.4. The van der Waals surface area contributed by atoms with Gasteiger partial charge < -0.3 is 10.0 Å². The van der Waals surface area contributed by atoms with E-state index >= 15 is 0 Å². The number of benzene rings is 1. The van der Waals surface area contributed by atoms with Crippen molar-refractivity contribution in [3.63, 3.8) is 0 Å². The summed E-state index contributed by atoms with van der Waals surface area (Å²) < 4.78 is 26.1. The molecule has 0 spiro atoms. The van der Waals surface area contributed by atoms with E-state index in [1.54, 1.807) is 17.9 Å². The van der Waals surface area contributed by atoms with Crippen molar-refractivity contribution in [3.8, 4) is 0 Å². The van der Waals surface area contributed by atoms with Gasteiger partial charge in [0.15, 0.2) is 0 Å². The lowest BCUT2D eigenvalue weighted by Crippen LogP contribution is -2.35. The van der Waals surface area contributed by atoms with Crippen LogP contribution in [-0.4, -0.2) is 38.0 Å². The summed E-state index contributed by atoms with van der Waals surface area (Å²) in [4.78, 5) is 24.1. The first-order valence-corrected chi connectivity index (χ1v) is 8.41. The van der Waals surface area contributed by atoms with E-state index < -0.39 is 22.5 Å². The maximum Gasteiger partial charge on any atom is 0.318 e. The molecular weight excluding hydrogens is 308 g/mol. The Morgan fingerprint density at radius 2 is 2.09 bits per heavy atom. The monoisotopic (exact) mass is 326 g/mol. The molecule has 1 atom stereocenters. The fourth-order valence-corrected chi connectivity index (χ4v) is 3.59. The number of nitrogens with zero attached hydrogens (tertiary/aromatic N) is 1. The standard InChI is InChI=1S/C14H18N2O5S/c1-3-13(17)16-9(2)6-10-7-11(4-5-12(10)16)22(20,21)15-8-14(18)19/h4-5,7,9,15H,3,6,8H2,1-2H3,(H,18,19)/t9-/m0/s1. The van der Waals surface area contributed by atoms with Gasteiger partial charge in [0.25, 0.3) is 0 Å². The molecule has 1 amide bonds. The molecule has 120 valence electrons. The van der Waals surface area contributed by atoms with Crippen molar-refractivity contribution in [2.24, 2.45) is 0 Å². The van der Waals surface area contributed by atoms with Crippen LogP contribution in [0.25, 0.3) is 0 Å². The van der Waals surface area contributed by atoms with E-state index in [-0.39, 0.29) is 16.8 Å². The number of nitrogens with one attached hydrogen (secondary N) is 1. The van der Waals surface area contributed by atoms with Crippen LogP contribution in [0.3, 0.4) is 0 Å². The lowest BCUT2D eigenvalue weighted by Gasteiger charge is -2.22. The number of carboxylic acids is 1. The molecule has 7 nitrogen and oxygen atoms in total. The van der Waals surface area contributed by atoms with Crippen molar-refractivity contribution in [1.29, 1.82) is 0 Å². The van der Waals surface area contributed by atoms with E-state index in [9.17, 15) is 18.0 Å². The zero-order valence-corrected chi connectivity index (χ0v) is 13.2. The summed E-state index contributed by atoms with van der Waals surface area (Å²) in [5.74, 6) is -1.26. The molecule has 0 aliphatic carbocycles. The molecule has 2 N–H and O–H groups in total. The highest BCUT2D eigenvalue weighted by atomic mass is 32.2. The minimum Gasteiger partial charge on any atom is -0.480 e. The Bertz CT molecular complexity index is 714. The van der Waals surface area contributed by atoms with Crippen molar-refractivity contribution >= 4 is 27.6 Å². The SMILES string of the molecule is CCC(=O)N1c2ccc(S(=O)(=O)NCC(=O)O)cc2C[C@@H]1C. The van der Waals surface area contributed by atoms with Gasteiger partial charge >= 0.3 is 5.97 Å². The number of amides is 1. The number of anilines is 1. The summed E-state index contributed by atoms with van der Waals surface area (Å²) >= 11 is 0. The quantitative estimate of drug-likeness (QED) is 0.830. The average molecular weight is 326 g/mol. The Kier molecular flexibility index (Phi) is 4.52. The second-order valence-corrected chi connectivity index (χ2v) is 6.95. The van der Waals surface area contributed by atoms with Crippen LogP contribution in [0.2, 0.25) is 0 Å². The minimum atomic E-state index is -3.87. The Balaban J connectivity index is 2.33. The van der Waals surface area contributed by atoms with E-state index in [1.165, 1.54) is 12.1 Å². The maximum absolute atomic E-state index is 12.0. The summed E-state index contributed by atoms with van der Waals surface area (Å²) in [5, 5.41) is 8.57. The third-order valence-electron chi connectivity index (χ3n) is 3.56. The maximum atomic E-state index is 12.0. The number of aliphatic carboxylic acids is 1. The molecule has 0 bridgehead atoms. The summed E-state index contributed by atoms with van der Waals surface area (Å²) in [7, 11) is -3.87. The molecule has 0 saturated heterocycles. The van der Waals surface area contributed by atoms with Gasteiger partial charge in [0.2, 0.25) is 15.9 Å². The molecule has 0 unspecified atom stereocenters. The average Bonchev–Trinajstić information content (AvgIpc) is 2.79. The topological polar surface area (TPSA) is 104 Å². The van der Waals surface area contributed by atoms with Gasteiger partial charge in [-0.2, -0.15) is 4.72 Å². The van der Waals surface area contributed by atoms with Crippen LogP contribution in [0.15, 0.2) is 23.1 Å². The van der Waals surface area contributed by atoms with E-state index in [0.29, 0.717) is 12.8 Å². The van der Waals surface area contributed by atoms with Gasteiger partial charge in [-0.1, -0.05) is 6.92 Å². The van der Waals surface area contributed by atoms with E-state index in [2.05, 4.69) is 0 Å². The lowest BCUT2D eigenvalue weighted by atomic mass is 10.1. The minimum absolute atomic E-state index is 0.00509. The van der Waals surface area contributed by atoms with Crippen LogP contribution < -0.4 is 9.62 Å². The number of carbonyl (C=O) groups is 2. The largest absolute Gasteiger partial charge is 0.480 e. The van der Waals surface area contributed by atoms with Gasteiger partial charge in [-0.25, -0.2) is 8.42 Å². The van der Waals surface area contributed by atoms with Crippen LogP contribution >= 0.6 is 0 Å². The van der Waals surface area contributed by atoms with Crippen molar-refractivity contribution in [2.75, 3.05) is 11.4 Å². The summed E-state index contributed by atoms with van der Waals surface area (Å²) in [5.41, 5.74) is 1.49. The summed E-state index contributed by atoms with van der Waals surface area (Å²) in [6.07, 6.45) is 0.952. The van der Waals surface area contributed by atoms with Gasteiger partial charge in [-0.3, -0.25) is 9.59 Å². The molecule has 22 heavy (non-hydrogen) atoms. The molecule has 1 aromatic rings. The fourth-order valence-electron chi connectivity index (χ4n) is 2.57. The molecule has 0 saturated carbocycles. The van der Waals surface area contributed by atoms with E-state index in [0.717, 1.165) is 11.3 Å². The molecule has 8 heteroatoms. The lowest BCUT2D eigenvalue weighted by molar-refractivity contribution is -0.135. The van der Waals surface area contributed by atoms with Crippen LogP contribution in [0.4, 0.5) is 5.69 Å². The molecule has 0 aromatic heterocycles. The van der Waals surface area contributed by atoms with Gasteiger partial charge in [-0.05, 0) is 37.1 Å². The number of rotatable bonds is 5. The Morgan fingerprint density at radius 3 is 2.68 bits per heavy atom. The van der Waals surface area contributed by atoms with Crippen molar-refractivity contribution in [3.05, 3.63) is 23.8 Å². The van der Waals surface area contributed by atoms with Crippen molar-refractivity contribution in [2.45, 2.75) is 37.6 Å². The number of hydrogen-bond acceptors (Lipinski definition) is 4. The predicted octanol–water partition coefficient (Wildman–Crippen LogP) is 0.737. The predicted molar refractivity (Wildman–Crippen MR) is 80.2 cm³/mol. The Labute approximate surface area is 129 Å². The highest BCUT2D eigenvalue weighted by Crippen LogP contribution is 2.34. The second kappa shape index (κ2) is 6.05. The van der Waals surface area contributed by atoms with Crippen LogP contribution in [0.5, 0.6) is 0 Å². The first kappa shape index (κ1) is 16.4. The van der Waals surface area contributed by atoms with Crippen molar-refractivity contribution < 1.29 is 23.1 Å². The number of carboxylic acid groups (broad SMARTS) is 1. The molecule has 1 heterocycles. The van der Waals surface area contributed by atoms with Crippen LogP contribution in [-0.2, 0) is 26.0 Å². The second-order valence-electron chi connectivity index (χ2n) is 5.18. The van der Waals surface area contributed by atoms with E-state index in [4.69, 9.17) is 5.11 Å². The molecule has 0 radical (unpaired) electrons. The molecular formula is C14H18N2O5S. The number of fused-ring (bicyclic) bond motifs is 1. The highest BCUT2D eigenvalue weighted by Gasteiger charge is 2.31. The van der Waals surface area contributed by atoms with E-state index in [1.807, 2.05) is 11.6 Å². The van der Waals surface area contributed by atoms with Gasteiger partial charge in [-0.15, -0.1) is 0 Å². The third-order valence-corrected chi connectivity index (χ3v) is 4.96. The summed E-state index contributed by atoms with van der Waals surface area (Å²) in [6, 6.07) is 4.46. The first-order valence-electron chi connectivity index (χ1n) is 6.92. The Hall–Kier alpha value is -1.93. The smallest absolute Gasteiger partial charge is 0.318 e. The Morgan fingerprint density at radius 1 is 1.41 bits per heavy atom. The molecule has 1 aromatic carbocycles. The van der Waals surface area contributed by atoms with Crippen molar-refractivity contribution in [1.82, 2.24) is 4.72 Å². The zero-order chi connectivity index (χ0) is 16.5. The number of carbonyl (C=O) groups excluding carboxylic acids is 1. The molecule has 0 fully saturated rings. The van der Waals surface area contributed by atoms with Crippen LogP contribution in [0, 0.1) is 0 Å². The fraction of sp³-hybridized carbons (Fsp3) is 0.429. The molecule has 1 aliphatic rings.